The van der Waals surface area contributed by atoms with Crippen LogP contribution in [-0.4, -0.2) is 44.6 Å². The van der Waals surface area contributed by atoms with Crippen molar-refractivity contribution in [3.63, 3.8) is 0 Å². The Morgan fingerprint density at radius 1 is 1.23 bits per heavy atom. The topological polar surface area (TPSA) is 54.2 Å². The fourth-order valence-corrected chi connectivity index (χ4v) is 3.06. The molecule has 3 rings (SSSR count). The van der Waals surface area contributed by atoms with Crippen LogP contribution < -0.4 is 0 Å². The van der Waals surface area contributed by atoms with E-state index < -0.39 is 6.10 Å². The van der Waals surface area contributed by atoms with Crippen LogP contribution in [-0.2, 0) is 0 Å². The summed E-state index contributed by atoms with van der Waals surface area (Å²) in [4.78, 5) is 2.41. The summed E-state index contributed by atoms with van der Waals surface area (Å²) in [5, 5.41) is 17.7. The van der Waals surface area contributed by atoms with Gasteiger partial charge >= 0.3 is 0 Å². The highest BCUT2D eigenvalue weighted by Crippen LogP contribution is 2.22. The van der Waals surface area contributed by atoms with Crippen LogP contribution in [0.4, 0.5) is 4.39 Å². The van der Waals surface area contributed by atoms with Gasteiger partial charge in [0.1, 0.15) is 11.5 Å². The molecule has 138 valence electrons. The summed E-state index contributed by atoms with van der Waals surface area (Å²) in [6, 6.07) is 6.81. The number of halogens is 1. The Balaban J connectivity index is 1.41. The zero-order chi connectivity index (χ0) is 18.4. The molecule has 1 aromatic carbocycles. The molecule has 2 heterocycles. The number of aliphatic hydroxyl groups excluding tert-OH is 1. The van der Waals surface area contributed by atoms with Crippen LogP contribution in [0.2, 0.25) is 0 Å². The molecule has 1 unspecified atom stereocenters. The molecular weight excluding hydrogens is 331 g/mol. The Morgan fingerprint density at radius 2 is 1.96 bits per heavy atom. The summed E-state index contributed by atoms with van der Waals surface area (Å²) in [6.07, 6.45) is 11.5. The van der Waals surface area contributed by atoms with E-state index in [2.05, 4.69) is 21.3 Å². The molecule has 2 aromatic rings. The number of aromatic nitrogens is 3. The van der Waals surface area contributed by atoms with Gasteiger partial charge in [0.05, 0.1) is 18.3 Å². The van der Waals surface area contributed by atoms with E-state index in [1.165, 1.54) is 12.1 Å². The second-order valence-corrected chi connectivity index (χ2v) is 6.67. The van der Waals surface area contributed by atoms with Gasteiger partial charge in [0.15, 0.2) is 0 Å². The van der Waals surface area contributed by atoms with Gasteiger partial charge in [-0.1, -0.05) is 41.7 Å². The highest BCUT2D eigenvalue weighted by atomic mass is 19.1. The normalized spacial score (nSPS) is 18.1. The number of hydrogen-bond donors (Lipinski definition) is 1. The predicted molar refractivity (Wildman–Crippen MR) is 99.9 cm³/mol. The summed E-state index contributed by atoms with van der Waals surface area (Å²) >= 11 is 0. The molecule has 1 N–H and O–H groups in total. The van der Waals surface area contributed by atoms with Crippen LogP contribution in [0, 0.1) is 5.82 Å². The van der Waals surface area contributed by atoms with Crippen LogP contribution in [0.15, 0.2) is 48.7 Å². The first-order valence-corrected chi connectivity index (χ1v) is 9.03. The third kappa shape index (κ3) is 5.09. The molecule has 0 aliphatic carbocycles. The smallest absolute Gasteiger partial charge is 0.123 e. The van der Waals surface area contributed by atoms with Gasteiger partial charge in [-0.25, -0.2) is 9.07 Å². The molecule has 0 radical (unpaired) electrons. The maximum absolute atomic E-state index is 12.8. The Bertz CT molecular complexity index is 743. The molecule has 1 saturated heterocycles. The Hall–Kier alpha value is -2.31. The van der Waals surface area contributed by atoms with Gasteiger partial charge < -0.3 is 5.11 Å². The van der Waals surface area contributed by atoms with E-state index >= 15 is 0 Å². The number of likely N-dealkylation sites (tertiary alicyclic amines) is 1. The van der Waals surface area contributed by atoms with Crippen LogP contribution >= 0.6 is 0 Å². The second kappa shape index (κ2) is 8.87. The van der Waals surface area contributed by atoms with Crippen molar-refractivity contribution < 1.29 is 9.50 Å². The minimum atomic E-state index is -0.572. The van der Waals surface area contributed by atoms with Gasteiger partial charge in [0.2, 0.25) is 0 Å². The summed E-state index contributed by atoms with van der Waals surface area (Å²) in [6.45, 7) is 4.64. The number of hydrogen-bond acceptors (Lipinski definition) is 4. The van der Waals surface area contributed by atoms with E-state index in [-0.39, 0.29) is 5.82 Å². The number of rotatable bonds is 6. The van der Waals surface area contributed by atoms with Gasteiger partial charge in [-0.2, -0.15) is 0 Å². The number of allylic oxidation sites excluding steroid dienone is 2. The predicted octanol–water partition coefficient (Wildman–Crippen LogP) is 3.38. The number of piperidine rings is 1. The van der Waals surface area contributed by atoms with E-state index in [1.54, 1.807) is 19.1 Å². The Kier molecular flexibility index (Phi) is 6.30. The molecule has 0 spiro atoms. The maximum Gasteiger partial charge on any atom is 0.123 e. The third-order valence-corrected chi connectivity index (χ3v) is 4.66. The van der Waals surface area contributed by atoms with Gasteiger partial charge in [-0.05, 0) is 37.5 Å². The van der Waals surface area contributed by atoms with Crippen molar-refractivity contribution >= 4 is 6.08 Å². The zero-order valence-corrected chi connectivity index (χ0v) is 15.0. The lowest BCUT2D eigenvalue weighted by molar-refractivity contribution is 0.191. The van der Waals surface area contributed by atoms with Crippen LogP contribution in [0.5, 0.6) is 0 Å². The van der Waals surface area contributed by atoms with Crippen molar-refractivity contribution in [1.82, 2.24) is 19.9 Å². The molecular formula is C20H25FN4O. The average molecular weight is 356 g/mol. The standard InChI is InChI=1S/C20H25FN4O/c1-16(26)20-15-25(23-22-20)19-10-13-24(14-11-19)12-4-2-3-5-17-6-8-18(21)9-7-17/h2-9,15-16,19,26H,10-14H2,1H3/b4-2+,5-3+. The van der Waals surface area contributed by atoms with E-state index in [9.17, 15) is 9.50 Å². The minimum Gasteiger partial charge on any atom is -0.387 e. The number of benzene rings is 1. The third-order valence-electron chi connectivity index (χ3n) is 4.66. The number of aliphatic hydroxyl groups is 1. The zero-order valence-electron chi connectivity index (χ0n) is 15.0. The largest absolute Gasteiger partial charge is 0.387 e. The SMILES string of the molecule is CC(O)c1cn(C2CCN(C/C=C/C=C/c3ccc(F)cc3)CC2)nn1. The Labute approximate surface area is 153 Å². The first-order chi connectivity index (χ1) is 12.6. The first kappa shape index (κ1) is 18.5. The molecule has 1 fully saturated rings. The molecule has 5 nitrogen and oxygen atoms in total. The molecule has 0 amide bonds. The lowest BCUT2D eigenvalue weighted by atomic mass is 10.1. The molecule has 1 aliphatic rings. The van der Waals surface area contributed by atoms with Crippen LogP contribution in [0.1, 0.15) is 43.2 Å². The fourth-order valence-electron chi connectivity index (χ4n) is 3.06. The lowest BCUT2D eigenvalue weighted by Crippen LogP contribution is -2.34. The fraction of sp³-hybridized carbons (Fsp3) is 0.400. The number of nitrogens with zero attached hydrogens (tertiary/aromatic N) is 4. The van der Waals surface area contributed by atoms with Crippen LogP contribution in [0.25, 0.3) is 6.08 Å². The van der Waals surface area contributed by atoms with Crippen molar-refractivity contribution in [3.05, 3.63) is 65.8 Å². The van der Waals surface area contributed by atoms with Crippen molar-refractivity contribution in [1.29, 1.82) is 0 Å². The van der Waals surface area contributed by atoms with E-state index in [1.807, 2.05) is 29.1 Å². The lowest BCUT2D eigenvalue weighted by Gasteiger charge is -2.30. The highest BCUT2D eigenvalue weighted by Gasteiger charge is 2.21. The average Bonchev–Trinajstić information content (AvgIpc) is 3.14. The van der Waals surface area contributed by atoms with Crippen molar-refractivity contribution in [2.24, 2.45) is 0 Å². The molecule has 26 heavy (non-hydrogen) atoms. The second-order valence-electron chi connectivity index (χ2n) is 6.67. The highest BCUT2D eigenvalue weighted by molar-refractivity contribution is 5.50. The van der Waals surface area contributed by atoms with Crippen LogP contribution in [0.3, 0.4) is 0 Å². The van der Waals surface area contributed by atoms with E-state index in [0.717, 1.165) is 38.0 Å². The molecule has 0 bridgehead atoms. The van der Waals surface area contributed by atoms with Gasteiger partial charge in [0, 0.05) is 19.6 Å². The molecule has 1 aromatic heterocycles. The van der Waals surface area contributed by atoms with E-state index in [4.69, 9.17) is 0 Å². The summed E-state index contributed by atoms with van der Waals surface area (Å²) in [5.41, 5.74) is 1.62. The molecule has 1 atom stereocenters. The summed E-state index contributed by atoms with van der Waals surface area (Å²) in [7, 11) is 0. The van der Waals surface area contributed by atoms with E-state index in [0.29, 0.717) is 11.7 Å². The first-order valence-electron chi connectivity index (χ1n) is 9.03. The van der Waals surface area contributed by atoms with Crippen molar-refractivity contribution in [2.75, 3.05) is 19.6 Å². The minimum absolute atomic E-state index is 0.214. The van der Waals surface area contributed by atoms with Gasteiger partial charge in [0.25, 0.3) is 0 Å². The quantitative estimate of drug-likeness (QED) is 0.806. The summed E-state index contributed by atoms with van der Waals surface area (Å²) < 4.78 is 14.7. The van der Waals surface area contributed by atoms with Crippen molar-refractivity contribution in [2.45, 2.75) is 31.9 Å². The van der Waals surface area contributed by atoms with Gasteiger partial charge in [-0.3, -0.25) is 4.90 Å². The molecule has 0 saturated carbocycles. The van der Waals surface area contributed by atoms with Crippen molar-refractivity contribution in [3.8, 4) is 0 Å². The summed E-state index contributed by atoms with van der Waals surface area (Å²) in [5.74, 6) is -0.214. The Morgan fingerprint density at radius 3 is 2.62 bits per heavy atom. The monoisotopic (exact) mass is 356 g/mol. The molecule has 6 heteroatoms. The maximum atomic E-state index is 12.8. The van der Waals surface area contributed by atoms with Gasteiger partial charge in [-0.15, -0.1) is 5.10 Å². The molecule has 1 aliphatic heterocycles.